The van der Waals surface area contributed by atoms with E-state index in [4.69, 9.17) is 9.47 Å². The highest BCUT2D eigenvalue weighted by molar-refractivity contribution is 5.83. The maximum Gasteiger partial charge on any atom is 0.276 e. The van der Waals surface area contributed by atoms with Gasteiger partial charge in [0.15, 0.2) is 13.2 Å². The molecule has 0 spiro atoms. The Morgan fingerprint density at radius 3 is 2.16 bits per heavy atom. The molecule has 0 saturated carbocycles. The van der Waals surface area contributed by atoms with Crippen LogP contribution in [0.2, 0.25) is 0 Å². The maximum atomic E-state index is 11.7. The van der Waals surface area contributed by atoms with Gasteiger partial charge in [-0.2, -0.15) is 0 Å². The number of rotatable bonds is 6. The van der Waals surface area contributed by atoms with Crippen molar-refractivity contribution in [2.45, 2.75) is 20.8 Å². The summed E-state index contributed by atoms with van der Waals surface area (Å²) in [6.45, 7) is 5.39. The van der Waals surface area contributed by atoms with Crippen molar-refractivity contribution >= 4 is 11.8 Å². The molecule has 2 aromatic carbocycles. The minimum atomic E-state index is -0.457. The summed E-state index contributed by atoms with van der Waals surface area (Å²) in [6, 6.07) is 13.1. The molecule has 0 heterocycles. The first-order valence-electron chi connectivity index (χ1n) is 7.91. The molecule has 0 bridgehead atoms. The molecular weight excluding hydrogens is 320 g/mol. The van der Waals surface area contributed by atoms with Gasteiger partial charge in [0.1, 0.15) is 11.5 Å². The van der Waals surface area contributed by atoms with E-state index in [-0.39, 0.29) is 13.2 Å². The monoisotopic (exact) mass is 342 g/mol. The van der Waals surface area contributed by atoms with Gasteiger partial charge in [-0.1, -0.05) is 24.3 Å². The molecule has 0 aliphatic rings. The lowest BCUT2D eigenvalue weighted by molar-refractivity contribution is -0.131. The van der Waals surface area contributed by atoms with Gasteiger partial charge in [0, 0.05) is 0 Å². The highest BCUT2D eigenvalue weighted by Crippen LogP contribution is 2.18. The zero-order valence-electron chi connectivity index (χ0n) is 14.6. The molecule has 6 heteroatoms. The van der Waals surface area contributed by atoms with Gasteiger partial charge in [-0.25, -0.2) is 0 Å². The molecule has 0 radical (unpaired) electrons. The van der Waals surface area contributed by atoms with Crippen LogP contribution in [0, 0.1) is 20.8 Å². The van der Waals surface area contributed by atoms with Crippen molar-refractivity contribution in [3.63, 3.8) is 0 Å². The van der Waals surface area contributed by atoms with E-state index in [2.05, 4.69) is 10.9 Å². The lowest BCUT2D eigenvalue weighted by atomic mass is 10.1. The van der Waals surface area contributed by atoms with Gasteiger partial charge in [0.25, 0.3) is 11.8 Å². The van der Waals surface area contributed by atoms with Crippen molar-refractivity contribution in [3.05, 3.63) is 59.2 Å². The van der Waals surface area contributed by atoms with Crippen molar-refractivity contribution in [1.29, 1.82) is 0 Å². The third-order valence-electron chi connectivity index (χ3n) is 3.40. The van der Waals surface area contributed by atoms with Crippen LogP contribution < -0.4 is 20.3 Å². The van der Waals surface area contributed by atoms with Gasteiger partial charge in [0.05, 0.1) is 0 Å². The third kappa shape index (κ3) is 6.18. The Morgan fingerprint density at radius 2 is 1.48 bits per heavy atom. The highest BCUT2D eigenvalue weighted by atomic mass is 16.5. The molecule has 6 nitrogen and oxygen atoms in total. The van der Waals surface area contributed by atoms with Gasteiger partial charge < -0.3 is 9.47 Å². The van der Waals surface area contributed by atoms with E-state index in [0.29, 0.717) is 11.5 Å². The van der Waals surface area contributed by atoms with Crippen molar-refractivity contribution in [3.8, 4) is 11.5 Å². The zero-order valence-corrected chi connectivity index (χ0v) is 14.6. The quantitative estimate of drug-likeness (QED) is 0.789. The molecule has 0 unspecified atom stereocenters. The molecule has 0 atom stereocenters. The molecule has 0 aliphatic heterocycles. The maximum absolute atomic E-state index is 11.7. The van der Waals surface area contributed by atoms with Gasteiger partial charge in [-0.05, 0) is 55.7 Å². The van der Waals surface area contributed by atoms with E-state index < -0.39 is 11.8 Å². The second-order valence-corrected chi connectivity index (χ2v) is 5.76. The third-order valence-corrected chi connectivity index (χ3v) is 3.40. The van der Waals surface area contributed by atoms with Crippen LogP contribution in [0.4, 0.5) is 0 Å². The van der Waals surface area contributed by atoms with Gasteiger partial charge in [-0.15, -0.1) is 0 Å². The number of carbonyl (C=O) groups is 2. The van der Waals surface area contributed by atoms with Crippen LogP contribution in [-0.2, 0) is 9.59 Å². The van der Waals surface area contributed by atoms with Gasteiger partial charge in [0.2, 0.25) is 0 Å². The van der Waals surface area contributed by atoms with E-state index in [1.54, 1.807) is 6.07 Å². The SMILES string of the molecule is Cc1cccc(OCC(=O)NNC(=O)COc2cc(C)ccc2C)c1. The van der Waals surface area contributed by atoms with Crippen LogP contribution in [0.15, 0.2) is 42.5 Å². The fraction of sp³-hybridized carbons (Fsp3) is 0.263. The van der Waals surface area contributed by atoms with Crippen LogP contribution in [0.5, 0.6) is 11.5 Å². The van der Waals surface area contributed by atoms with Crippen LogP contribution in [0.1, 0.15) is 16.7 Å². The summed E-state index contributed by atoms with van der Waals surface area (Å²) in [5.41, 5.74) is 7.60. The second-order valence-electron chi connectivity index (χ2n) is 5.76. The summed E-state index contributed by atoms with van der Waals surface area (Å²) in [5, 5.41) is 0. The number of amides is 2. The minimum Gasteiger partial charge on any atom is -0.484 e. The van der Waals surface area contributed by atoms with Gasteiger partial charge in [-0.3, -0.25) is 20.4 Å². The largest absolute Gasteiger partial charge is 0.484 e. The lowest BCUT2D eigenvalue weighted by Crippen LogP contribution is -2.45. The average molecular weight is 342 g/mol. The first kappa shape index (κ1) is 18.3. The minimum absolute atomic E-state index is 0.191. The molecule has 132 valence electrons. The highest BCUT2D eigenvalue weighted by Gasteiger charge is 2.08. The van der Waals surface area contributed by atoms with Crippen LogP contribution in [0.25, 0.3) is 0 Å². The number of ether oxygens (including phenoxy) is 2. The molecule has 2 N–H and O–H groups in total. The van der Waals surface area contributed by atoms with Crippen molar-refractivity contribution in [1.82, 2.24) is 10.9 Å². The number of nitrogens with one attached hydrogen (secondary N) is 2. The molecule has 2 rings (SSSR count). The molecule has 0 aromatic heterocycles. The van der Waals surface area contributed by atoms with Crippen molar-refractivity contribution in [2.75, 3.05) is 13.2 Å². The van der Waals surface area contributed by atoms with E-state index >= 15 is 0 Å². The number of aryl methyl sites for hydroxylation is 3. The van der Waals surface area contributed by atoms with Crippen LogP contribution in [0.3, 0.4) is 0 Å². The summed E-state index contributed by atoms with van der Waals surface area (Å²) in [4.78, 5) is 23.4. The standard InChI is InChI=1S/C19H22N2O4/c1-13-5-4-6-16(9-13)24-11-18(22)20-21-19(23)12-25-17-10-14(2)7-8-15(17)3/h4-10H,11-12H2,1-3H3,(H,20,22)(H,21,23). The molecule has 0 saturated heterocycles. The van der Waals surface area contributed by atoms with E-state index in [1.807, 2.05) is 57.2 Å². The predicted octanol–water partition coefficient (Wildman–Crippen LogP) is 2.22. The van der Waals surface area contributed by atoms with Crippen LogP contribution in [-0.4, -0.2) is 25.0 Å². The molecule has 2 aromatic rings. The number of hydrogen-bond donors (Lipinski definition) is 2. The normalized spacial score (nSPS) is 10.0. The van der Waals surface area contributed by atoms with Crippen molar-refractivity contribution in [2.24, 2.45) is 0 Å². The van der Waals surface area contributed by atoms with Crippen LogP contribution >= 0.6 is 0 Å². The first-order valence-corrected chi connectivity index (χ1v) is 7.91. The van der Waals surface area contributed by atoms with Crippen molar-refractivity contribution < 1.29 is 19.1 Å². The Hall–Kier alpha value is -3.02. The molecule has 2 amide bonds. The number of hydrogen-bond acceptors (Lipinski definition) is 4. The lowest BCUT2D eigenvalue weighted by Gasteiger charge is -2.11. The molecule has 0 aliphatic carbocycles. The topological polar surface area (TPSA) is 76.7 Å². The Morgan fingerprint density at radius 1 is 0.840 bits per heavy atom. The Balaban J connectivity index is 1.70. The summed E-state index contributed by atoms with van der Waals surface area (Å²) in [5.74, 6) is 0.329. The Kier molecular flexibility index (Phi) is 6.39. The zero-order chi connectivity index (χ0) is 18.2. The second kappa shape index (κ2) is 8.73. The Bertz CT molecular complexity index is 759. The van der Waals surface area contributed by atoms with E-state index in [9.17, 15) is 9.59 Å². The molecule has 25 heavy (non-hydrogen) atoms. The smallest absolute Gasteiger partial charge is 0.276 e. The number of hydrazine groups is 1. The van der Waals surface area contributed by atoms with Gasteiger partial charge >= 0.3 is 0 Å². The van der Waals surface area contributed by atoms with E-state index in [1.165, 1.54) is 0 Å². The molecule has 0 fully saturated rings. The Labute approximate surface area is 147 Å². The summed E-state index contributed by atoms with van der Waals surface area (Å²) in [6.07, 6.45) is 0. The summed E-state index contributed by atoms with van der Waals surface area (Å²) in [7, 11) is 0. The fourth-order valence-electron chi connectivity index (χ4n) is 2.07. The predicted molar refractivity (Wildman–Crippen MR) is 94.4 cm³/mol. The number of benzene rings is 2. The number of carbonyl (C=O) groups excluding carboxylic acids is 2. The summed E-state index contributed by atoms with van der Waals surface area (Å²) >= 11 is 0. The average Bonchev–Trinajstić information content (AvgIpc) is 2.59. The summed E-state index contributed by atoms with van der Waals surface area (Å²) < 4.78 is 10.8. The fourth-order valence-corrected chi connectivity index (χ4v) is 2.07. The first-order chi connectivity index (χ1) is 11.9. The molecular formula is C19H22N2O4. The van der Waals surface area contributed by atoms with E-state index in [0.717, 1.165) is 16.7 Å².